The molecular weight excluding hydrogens is 230 g/mol. The first-order valence-corrected chi connectivity index (χ1v) is 4.85. The number of hydrogen-bond acceptors (Lipinski definition) is 4. The number of nitrogens with two attached hydrogens (primary N) is 1. The molecule has 0 aliphatic carbocycles. The third-order valence-corrected chi connectivity index (χ3v) is 2.17. The number of hydrogen-bond donors (Lipinski definition) is 1. The van der Waals surface area contributed by atoms with E-state index in [1.807, 2.05) is 0 Å². The maximum atomic E-state index is 13.4. The molecule has 1 aromatic heterocycles. The van der Waals surface area contributed by atoms with Crippen molar-refractivity contribution in [3.05, 3.63) is 17.7 Å². The summed E-state index contributed by atoms with van der Waals surface area (Å²) in [7, 11) is 4.64. The fraction of sp³-hybridized carbons (Fsp3) is 0.400. The highest BCUT2D eigenvalue weighted by molar-refractivity contribution is 5.80. The quantitative estimate of drug-likeness (QED) is 0.839. The highest BCUT2D eigenvalue weighted by Gasteiger charge is 2.16. The number of carbonyl (C=O) groups excluding carboxylic acids is 1. The smallest absolute Gasteiger partial charge is 0.241 e. The maximum absolute atomic E-state index is 13.4. The first-order chi connectivity index (χ1) is 7.82. The van der Waals surface area contributed by atoms with E-state index in [1.54, 1.807) is 14.1 Å². The zero-order chi connectivity index (χ0) is 13.2. The van der Waals surface area contributed by atoms with Crippen LogP contribution >= 0.6 is 0 Å². The van der Waals surface area contributed by atoms with Crippen molar-refractivity contribution in [2.24, 2.45) is 0 Å². The van der Waals surface area contributed by atoms with E-state index in [1.165, 1.54) is 16.8 Å². The Morgan fingerprint density at radius 1 is 1.35 bits per heavy atom. The van der Waals surface area contributed by atoms with Gasteiger partial charge in [-0.05, 0) is 0 Å². The molecule has 0 fully saturated rings. The van der Waals surface area contributed by atoms with Crippen molar-refractivity contribution < 1.29 is 13.6 Å². The normalized spacial score (nSPS) is 10.2. The Morgan fingerprint density at radius 3 is 2.47 bits per heavy atom. The van der Waals surface area contributed by atoms with Crippen LogP contribution in [0.15, 0.2) is 6.07 Å². The highest BCUT2D eigenvalue weighted by atomic mass is 19.1. The summed E-state index contributed by atoms with van der Waals surface area (Å²) in [5, 5.41) is 0. The predicted octanol–water partition coefficient (Wildman–Crippen LogP) is 0.466. The van der Waals surface area contributed by atoms with Gasteiger partial charge in [-0.3, -0.25) is 4.79 Å². The lowest BCUT2D eigenvalue weighted by Crippen LogP contribution is -2.35. The van der Waals surface area contributed by atoms with Crippen LogP contribution in [-0.4, -0.2) is 43.5 Å². The van der Waals surface area contributed by atoms with Gasteiger partial charge in [0.05, 0.1) is 6.54 Å². The van der Waals surface area contributed by atoms with Gasteiger partial charge in [0.25, 0.3) is 0 Å². The largest absolute Gasteiger partial charge is 0.381 e. The molecule has 2 N–H and O–H groups in total. The molecule has 0 aliphatic heterocycles. The zero-order valence-corrected chi connectivity index (χ0v) is 9.87. The first kappa shape index (κ1) is 13.1. The Balaban J connectivity index is 2.93. The van der Waals surface area contributed by atoms with Gasteiger partial charge < -0.3 is 15.5 Å². The Hall–Kier alpha value is -1.92. The molecule has 94 valence electrons. The molecule has 0 unspecified atom stereocenters. The van der Waals surface area contributed by atoms with E-state index in [4.69, 9.17) is 5.73 Å². The number of nitrogens with zero attached hydrogens (tertiary/aromatic N) is 3. The Kier molecular flexibility index (Phi) is 3.82. The summed E-state index contributed by atoms with van der Waals surface area (Å²) >= 11 is 0. The minimum Gasteiger partial charge on any atom is -0.381 e. The molecule has 17 heavy (non-hydrogen) atoms. The fourth-order valence-electron chi connectivity index (χ4n) is 1.16. The van der Waals surface area contributed by atoms with E-state index in [0.29, 0.717) is 6.07 Å². The van der Waals surface area contributed by atoms with Crippen molar-refractivity contribution in [2.75, 3.05) is 38.3 Å². The third kappa shape index (κ3) is 3.02. The average molecular weight is 244 g/mol. The summed E-state index contributed by atoms with van der Waals surface area (Å²) in [6, 6.07) is 0.647. The van der Waals surface area contributed by atoms with Gasteiger partial charge in [0.1, 0.15) is 0 Å². The fourth-order valence-corrected chi connectivity index (χ4v) is 1.16. The summed E-state index contributed by atoms with van der Waals surface area (Å²) in [5.41, 5.74) is 5.24. The third-order valence-electron chi connectivity index (χ3n) is 2.17. The monoisotopic (exact) mass is 244 g/mol. The Morgan fingerprint density at radius 2 is 1.94 bits per heavy atom. The van der Waals surface area contributed by atoms with E-state index in [0.717, 1.165) is 0 Å². The minimum absolute atomic E-state index is 0.0675. The van der Waals surface area contributed by atoms with Crippen molar-refractivity contribution in [3.8, 4) is 0 Å². The molecule has 0 spiro atoms. The predicted molar refractivity (Wildman–Crippen MR) is 60.5 cm³/mol. The minimum atomic E-state index is -0.918. The number of pyridine rings is 1. The van der Waals surface area contributed by atoms with Gasteiger partial charge in [-0.2, -0.15) is 0 Å². The number of rotatable bonds is 3. The molecular formula is C10H14F2N4O. The van der Waals surface area contributed by atoms with E-state index in [2.05, 4.69) is 4.98 Å². The lowest BCUT2D eigenvalue weighted by Gasteiger charge is -2.20. The van der Waals surface area contributed by atoms with Crippen LogP contribution in [0.1, 0.15) is 0 Å². The van der Waals surface area contributed by atoms with Crippen LogP contribution in [0.2, 0.25) is 0 Å². The van der Waals surface area contributed by atoms with Crippen molar-refractivity contribution in [3.63, 3.8) is 0 Å². The SMILES string of the molecule is CN(C)C(=O)CN(C)c1nc(N)c(F)cc1F. The van der Waals surface area contributed by atoms with E-state index >= 15 is 0 Å². The molecule has 0 atom stereocenters. The van der Waals surface area contributed by atoms with Gasteiger partial charge in [-0.25, -0.2) is 13.8 Å². The van der Waals surface area contributed by atoms with Crippen LogP contribution in [-0.2, 0) is 4.79 Å². The molecule has 1 aromatic rings. The summed E-state index contributed by atoms with van der Waals surface area (Å²) in [6.07, 6.45) is 0. The standard InChI is InChI=1S/C10H14F2N4O/c1-15(2)8(17)5-16(3)10-7(12)4-6(11)9(13)14-10/h4H,5H2,1-3H3,(H2,13,14). The van der Waals surface area contributed by atoms with Gasteiger partial charge in [0, 0.05) is 27.2 Å². The molecule has 5 nitrogen and oxygen atoms in total. The molecule has 0 bridgehead atoms. The second-order valence-corrected chi connectivity index (χ2v) is 3.81. The number of nitrogen functional groups attached to an aromatic ring is 1. The number of amides is 1. The van der Waals surface area contributed by atoms with Gasteiger partial charge in [0.15, 0.2) is 23.3 Å². The first-order valence-electron chi connectivity index (χ1n) is 4.85. The molecule has 0 radical (unpaired) electrons. The van der Waals surface area contributed by atoms with Crippen molar-refractivity contribution in [1.82, 2.24) is 9.88 Å². The van der Waals surface area contributed by atoms with E-state index in [-0.39, 0.29) is 18.3 Å². The molecule has 7 heteroatoms. The number of halogens is 2. The number of aromatic nitrogens is 1. The van der Waals surface area contributed by atoms with Crippen LogP contribution in [0.25, 0.3) is 0 Å². The van der Waals surface area contributed by atoms with Crippen molar-refractivity contribution >= 4 is 17.5 Å². The number of likely N-dealkylation sites (N-methyl/N-ethyl adjacent to an activating group) is 2. The van der Waals surface area contributed by atoms with E-state index in [9.17, 15) is 13.6 Å². The van der Waals surface area contributed by atoms with Gasteiger partial charge in [0.2, 0.25) is 5.91 Å². The lowest BCUT2D eigenvalue weighted by atomic mass is 10.3. The zero-order valence-electron chi connectivity index (χ0n) is 9.87. The molecule has 1 amide bonds. The van der Waals surface area contributed by atoms with Gasteiger partial charge in [-0.1, -0.05) is 0 Å². The van der Waals surface area contributed by atoms with E-state index < -0.39 is 17.5 Å². The summed E-state index contributed by atoms with van der Waals surface area (Å²) in [6.45, 7) is -0.0675. The van der Waals surface area contributed by atoms with Crippen LogP contribution in [0.3, 0.4) is 0 Å². The summed E-state index contributed by atoms with van der Waals surface area (Å²) in [5.74, 6) is -2.55. The lowest BCUT2D eigenvalue weighted by molar-refractivity contribution is -0.127. The number of carbonyl (C=O) groups is 1. The van der Waals surface area contributed by atoms with Crippen LogP contribution < -0.4 is 10.6 Å². The van der Waals surface area contributed by atoms with Crippen LogP contribution in [0.4, 0.5) is 20.4 Å². The number of anilines is 2. The summed E-state index contributed by atoms with van der Waals surface area (Å²) in [4.78, 5) is 17.6. The average Bonchev–Trinajstić information content (AvgIpc) is 2.22. The van der Waals surface area contributed by atoms with Crippen LogP contribution in [0, 0.1) is 11.6 Å². The second kappa shape index (κ2) is 4.94. The molecule has 1 rings (SSSR count). The van der Waals surface area contributed by atoms with Gasteiger partial charge in [-0.15, -0.1) is 0 Å². The molecule has 0 saturated carbocycles. The molecule has 0 aromatic carbocycles. The molecule has 0 saturated heterocycles. The van der Waals surface area contributed by atoms with Crippen molar-refractivity contribution in [2.45, 2.75) is 0 Å². The topological polar surface area (TPSA) is 62.5 Å². The Bertz CT molecular complexity index is 437. The van der Waals surface area contributed by atoms with Crippen molar-refractivity contribution in [1.29, 1.82) is 0 Å². The second-order valence-electron chi connectivity index (χ2n) is 3.81. The molecule has 0 aliphatic rings. The van der Waals surface area contributed by atoms with Crippen LogP contribution in [0.5, 0.6) is 0 Å². The van der Waals surface area contributed by atoms with Gasteiger partial charge >= 0.3 is 0 Å². The summed E-state index contributed by atoms with van der Waals surface area (Å²) < 4.78 is 26.3. The highest BCUT2D eigenvalue weighted by Crippen LogP contribution is 2.19. The Labute approximate surface area is 97.8 Å². The maximum Gasteiger partial charge on any atom is 0.241 e. The molecule has 1 heterocycles.